The number of aromatic nitrogens is 2. The van der Waals surface area contributed by atoms with Gasteiger partial charge in [0.15, 0.2) is 0 Å². The fourth-order valence-electron chi connectivity index (χ4n) is 2.80. The van der Waals surface area contributed by atoms with Crippen molar-refractivity contribution >= 4 is 23.2 Å². The van der Waals surface area contributed by atoms with E-state index in [1.807, 2.05) is 6.92 Å². The van der Waals surface area contributed by atoms with Crippen LogP contribution in [0.2, 0.25) is 0 Å². The third-order valence-electron chi connectivity index (χ3n) is 3.90. The first kappa shape index (κ1) is 14.2. The van der Waals surface area contributed by atoms with E-state index in [1.54, 1.807) is 29.8 Å². The lowest BCUT2D eigenvalue weighted by Crippen LogP contribution is -2.41. The van der Waals surface area contributed by atoms with Gasteiger partial charge in [0.25, 0.3) is 0 Å². The third-order valence-corrected chi connectivity index (χ3v) is 4.60. The van der Waals surface area contributed by atoms with E-state index < -0.39 is 0 Å². The van der Waals surface area contributed by atoms with Crippen molar-refractivity contribution in [3.05, 3.63) is 40.8 Å². The molecule has 0 radical (unpaired) electrons. The molecule has 3 heterocycles. The Balaban J connectivity index is 1.69. The van der Waals surface area contributed by atoms with Gasteiger partial charge in [-0.25, -0.2) is 9.97 Å². The minimum absolute atomic E-state index is 0.0525. The van der Waals surface area contributed by atoms with Gasteiger partial charge >= 0.3 is 0 Å². The minimum atomic E-state index is -0.193. The molecule has 1 amide bonds. The summed E-state index contributed by atoms with van der Waals surface area (Å²) in [4.78, 5) is 22.7. The first-order valence-electron chi connectivity index (χ1n) is 7.11. The monoisotopic (exact) mass is 302 g/mol. The van der Waals surface area contributed by atoms with E-state index in [0.717, 1.165) is 19.4 Å². The zero-order chi connectivity index (χ0) is 14.7. The van der Waals surface area contributed by atoms with Crippen molar-refractivity contribution in [2.75, 3.05) is 11.9 Å². The summed E-state index contributed by atoms with van der Waals surface area (Å²) in [5.74, 6) is 0.309. The number of carbonyl (C=O) groups excluding carboxylic acids is 1. The smallest absolute Gasteiger partial charge is 0.243 e. The number of rotatable bonds is 4. The zero-order valence-corrected chi connectivity index (χ0v) is 12.7. The molecule has 1 aliphatic rings. The number of likely N-dealkylation sites (tertiary alicyclic amines) is 1. The van der Waals surface area contributed by atoms with Gasteiger partial charge in [0, 0.05) is 18.4 Å². The van der Waals surface area contributed by atoms with Crippen LogP contribution in [0.4, 0.5) is 5.95 Å². The first-order valence-corrected chi connectivity index (χ1v) is 8.05. The van der Waals surface area contributed by atoms with Gasteiger partial charge in [-0.05, 0) is 54.8 Å². The standard InChI is InChI=1S/C15H18N4OS/c1-11(14(20)18-15-16-6-3-7-17-15)19-8-2-4-13(19)12-5-9-21-10-12/h3,5-7,9-11,13H,2,4,8H2,1H3,(H,16,17,18,20)/t11-,13+/m0/s1. The number of carbonyl (C=O) groups is 1. The normalized spacial score (nSPS) is 20.3. The largest absolute Gasteiger partial charge is 0.293 e. The Labute approximate surface area is 128 Å². The van der Waals surface area contributed by atoms with Crippen molar-refractivity contribution in [1.82, 2.24) is 14.9 Å². The zero-order valence-electron chi connectivity index (χ0n) is 11.9. The van der Waals surface area contributed by atoms with Gasteiger partial charge in [-0.15, -0.1) is 0 Å². The molecule has 1 aliphatic heterocycles. The summed E-state index contributed by atoms with van der Waals surface area (Å²) in [5.41, 5.74) is 1.31. The Kier molecular flexibility index (Phi) is 4.26. The molecule has 5 nitrogen and oxygen atoms in total. The van der Waals surface area contributed by atoms with Crippen LogP contribution in [-0.4, -0.2) is 33.4 Å². The number of anilines is 1. The van der Waals surface area contributed by atoms with Gasteiger partial charge in [0.05, 0.1) is 6.04 Å². The average molecular weight is 302 g/mol. The predicted molar refractivity (Wildman–Crippen MR) is 83.1 cm³/mol. The van der Waals surface area contributed by atoms with Crippen LogP contribution in [0.1, 0.15) is 31.4 Å². The van der Waals surface area contributed by atoms with E-state index in [9.17, 15) is 4.79 Å². The maximum Gasteiger partial charge on any atom is 0.243 e. The van der Waals surface area contributed by atoms with E-state index in [2.05, 4.69) is 37.0 Å². The Bertz CT molecular complexity index is 587. The Hall–Kier alpha value is -1.79. The SMILES string of the molecule is C[C@@H](C(=O)Nc1ncccn1)N1CCC[C@@H]1c1ccsc1. The number of amides is 1. The molecule has 0 saturated carbocycles. The van der Waals surface area contributed by atoms with Gasteiger partial charge in [-0.2, -0.15) is 11.3 Å². The van der Waals surface area contributed by atoms with Crippen LogP contribution in [0, 0.1) is 0 Å². The summed E-state index contributed by atoms with van der Waals surface area (Å²) in [6, 6.07) is 4.03. The number of thiophene rings is 1. The molecule has 21 heavy (non-hydrogen) atoms. The van der Waals surface area contributed by atoms with E-state index in [1.165, 1.54) is 5.56 Å². The van der Waals surface area contributed by atoms with Gasteiger partial charge in [-0.1, -0.05) is 0 Å². The molecule has 1 N–H and O–H groups in total. The summed E-state index contributed by atoms with van der Waals surface area (Å²) in [6.07, 6.45) is 5.48. The van der Waals surface area contributed by atoms with Crippen LogP contribution >= 0.6 is 11.3 Å². The van der Waals surface area contributed by atoms with Crippen LogP contribution in [0.25, 0.3) is 0 Å². The summed E-state index contributed by atoms with van der Waals surface area (Å²) in [7, 11) is 0. The second kappa shape index (κ2) is 6.32. The molecule has 0 unspecified atom stereocenters. The summed E-state index contributed by atoms with van der Waals surface area (Å²) in [5, 5.41) is 7.05. The molecule has 110 valence electrons. The average Bonchev–Trinajstić information content (AvgIpc) is 3.18. The van der Waals surface area contributed by atoms with Crippen molar-refractivity contribution in [1.29, 1.82) is 0 Å². The molecule has 2 atom stereocenters. The van der Waals surface area contributed by atoms with E-state index in [-0.39, 0.29) is 11.9 Å². The molecular formula is C15H18N4OS. The number of hydrogen-bond donors (Lipinski definition) is 1. The van der Waals surface area contributed by atoms with Crippen LogP contribution in [-0.2, 0) is 4.79 Å². The highest BCUT2D eigenvalue weighted by Gasteiger charge is 2.33. The summed E-state index contributed by atoms with van der Waals surface area (Å²) >= 11 is 1.70. The number of hydrogen-bond acceptors (Lipinski definition) is 5. The molecule has 0 aromatic carbocycles. The first-order chi connectivity index (χ1) is 10.3. The summed E-state index contributed by atoms with van der Waals surface area (Å²) < 4.78 is 0. The topological polar surface area (TPSA) is 58.1 Å². The molecule has 1 saturated heterocycles. The minimum Gasteiger partial charge on any atom is -0.293 e. The van der Waals surface area contributed by atoms with Crippen molar-refractivity contribution in [2.24, 2.45) is 0 Å². The van der Waals surface area contributed by atoms with Crippen molar-refractivity contribution in [3.63, 3.8) is 0 Å². The fraction of sp³-hybridized carbons (Fsp3) is 0.400. The fourth-order valence-corrected chi connectivity index (χ4v) is 3.51. The van der Waals surface area contributed by atoms with Crippen molar-refractivity contribution in [3.8, 4) is 0 Å². The highest BCUT2D eigenvalue weighted by atomic mass is 32.1. The van der Waals surface area contributed by atoms with Gasteiger partial charge < -0.3 is 0 Å². The molecule has 0 aliphatic carbocycles. The second-order valence-electron chi connectivity index (χ2n) is 5.19. The molecule has 2 aromatic rings. The molecule has 6 heteroatoms. The lowest BCUT2D eigenvalue weighted by Gasteiger charge is -2.29. The van der Waals surface area contributed by atoms with Crippen molar-refractivity contribution < 1.29 is 4.79 Å². The quantitative estimate of drug-likeness (QED) is 0.943. The number of nitrogens with zero attached hydrogens (tertiary/aromatic N) is 3. The van der Waals surface area contributed by atoms with Gasteiger partial charge in [0.2, 0.25) is 11.9 Å². The third kappa shape index (κ3) is 3.11. The second-order valence-corrected chi connectivity index (χ2v) is 5.97. The van der Waals surface area contributed by atoms with Crippen LogP contribution in [0.5, 0.6) is 0 Å². The summed E-state index contributed by atoms with van der Waals surface area (Å²) in [6.45, 7) is 2.90. The number of nitrogens with one attached hydrogen (secondary N) is 1. The Morgan fingerprint density at radius 3 is 3.00 bits per heavy atom. The van der Waals surface area contributed by atoms with E-state index in [0.29, 0.717) is 12.0 Å². The molecule has 1 fully saturated rings. The highest BCUT2D eigenvalue weighted by molar-refractivity contribution is 7.07. The lowest BCUT2D eigenvalue weighted by molar-refractivity contribution is -0.121. The van der Waals surface area contributed by atoms with E-state index >= 15 is 0 Å². The van der Waals surface area contributed by atoms with Crippen molar-refractivity contribution in [2.45, 2.75) is 31.8 Å². The molecule has 0 spiro atoms. The highest BCUT2D eigenvalue weighted by Crippen LogP contribution is 2.34. The molecular weight excluding hydrogens is 284 g/mol. The molecule has 3 rings (SSSR count). The van der Waals surface area contributed by atoms with Gasteiger partial charge in [0.1, 0.15) is 0 Å². The predicted octanol–water partition coefficient (Wildman–Crippen LogP) is 2.70. The Morgan fingerprint density at radius 1 is 1.48 bits per heavy atom. The van der Waals surface area contributed by atoms with Gasteiger partial charge in [-0.3, -0.25) is 15.0 Å². The Morgan fingerprint density at radius 2 is 2.29 bits per heavy atom. The van der Waals surface area contributed by atoms with E-state index in [4.69, 9.17) is 0 Å². The maximum absolute atomic E-state index is 12.4. The molecule has 2 aromatic heterocycles. The van der Waals surface area contributed by atoms with Crippen LogP contribution < -0.4 is 5.32 Å². The molecule has 0 bridgehead atoms. The maximum atomic E-state index is 12.4. The van der Waals surface area contributed by atoms with Crippen LogP contribution in [0.15, 0.2) is 35.3 Å². The lowest BCUT2D eigenvalue weighted by atomic mass is 10.1. The van der Waals surface area contributed by atoms with Crippen LogP contribution in [0.3, 0.4) is 0 Å².